The van der Waals surface area contributed by atoms with E-state index in [9.17, 15) is 4.79 Å². The molecule has 0 radical (unpaired) electrons. The van der Waals surface area contributed by atoms with E-state index in [4.69, 9.17) is 11.6 Å². The van der Waals surface area contributed by atoms with E-state index in [1.807, 2.05) is 11.8 Å². The minimum absolute atomic E-state index is 0.101. The number of aryl methyl sites for hydroxylation is 1. The molecule has 0 aliphatic carbocycles. The standard InChI is InChI=1S/C20H26ClN5OS/c1-14-18(28-20(23-14)24-17-6-5-15(21)13-22-17)19(27)26-11-7-16(8-12-26)25-9-3-2-4-10-25/h5-6,13,16H,2-4,7-12H2,1H3,(H,22,23,24). The number of nitrogens with one attached hydrogen (secondary N) is 1. The van der Waals surface area contributed by atoms with Crippen molar-refractivity contribution in [2.45, 2.75) is 45.1 Å². The molecule has 0 spiro atoms. The third-order valence-electron chi connectivity index (χ3n) is 5.61. The van der Waals surface area contributed by atoms with Gasteiger partial charge in [-0.1, -0.05) is 29.4 Å². The number of nitrogens with zero attached hydrogens (tertiary/aromatic N) is 4. The predicted molar refractivity (Wildman–Crippen MR) is 114 cm³/mol. The van der Waals surface area contributed by atoms with Gasteiger partial charge in [0.15, 0.2) is 5.13 Å². The van der Waals surface area contributed by atoms with E-state index in [2.05, 4.69) is 20.2 Å². The molecule has 2 fully saturated rings. The van der Waals surface area contributed by atoms with Crippen molar-refractivity contribution in [3.63, 3.8) is 0 Å². The quantitative estimate of drug-likeness (QED) is 0.798. The molecule has 0 bridgehead atoms. The number of thiazole rings is 1. The van der Waals surface area contributed by atoms with Crippen LogP contribution < -0.4 is 5.32 Å². The van der Waals surface area contributed by atoms with Crippen LogP contribution >= 0.6 is 22.9 Å². The zero-order valence-electron chi connectivity index (χ0n) is 16.2. The first kappa shape index (κ1) is 19.6. The second kappa shape index (κ2) is 8.76. The second-order valence-corrected chi connectivity index (χ2v) is 8.98. The molecule has 4 rings (SSSR count). The molecule has 150 valence electrons. The Balaban J connectivity index is 1.37. The number of hydrogen-bond acceptors (Lipinski definition) is 6. The Hall–Kier alpha value is -1.70. The number of carbonyl (C=O) groups excluding carboxylic acids is 1. The van der Waals surface area contributed by atoms with Crippen LogP contribution in [-0.4, -0.2) is 57.9 Å². The summed E-state index contributed by atoms with van der Waals surface area (Å²) in [5.41, 5.74) is 0.768. The van der Waals surface area contributed by atoms with Crippen molar-refractivity contribution >= 4 is 39.8 Å². The van der Waals surface area contributed by atoms with E-state index in [1.165, 1.54) is 43.7 Å². The van der Waals surface area contributed by atoms with Gasteiger partial charge >= 0.3 is 0 Å². The Labute approximate surface area is 174 Å². The van der Waals surface area contributed by atoms with Gasteiger partial charge in [0.1, 0.15) is 10.7 Å². The lowest BCUT2D eigenvalue weighted by Crippen LogP contribution is -2.48. The number of anilines is 2. The van der Waals surface area contributed by atoms with E-state index >= 15 is 0 Å². The normalized spacial score (nSPS) is 19.0. The van der Waals surface area contributed by atoms with Gasteiger partial charge in [-0.15, -0.1) is 0 Å². The summed E-state index contributed by atoms with van der Waals surface area (Å²) >= 11 is 7.27. The molecule has 0 atom stereocenters. The molecule has 0 saturated carbocycles. The second-order valence-electron chi connectivity index (χ2n) is 7.54. The summed E-state index contributed by atoms with van der Waals surface area (Å²) in [5, 5.41) is 4.43. The van der Waals surface area contributed by atoms with Crippen LogP contribution in [0, 0.1) is 6.92 Å². The molecule has 2 saturated heterocycles. The van der Waals surface area contributed by atoms with E-state index in [0.29, 0.717) is 26.9 Å². The fourth-order valence-corrected chi connectivity index (χ4v) is 5.12. The third kappa shape index (κ3) is 4.47. The molecule has 1 N–H and O–H groups in total. The highest BCUT2D eigenvalue weighted by Gasteiger charge is 2.29. The molecule has 2 aliphatic rings. The SMILES string of the molecule is Cc1nc(Nc2ccc(Cl)cn2)sc1C(=O)N1CCC(N2CCCCC2)CC1. The van der Waals surface area contributed by atoms with Crippen molar-refractivity contribution in [3.8, 4) is 0 Å². The van der Waals surface area contributed by atoms with Gasteiger partial charge in [0.2, 0.25) is 0 Å². The molecule has 0 unspecified atom stereocenters. The molecule has 8 heteroatoms. The van der Waals surface area contributed by atoms with E-state index < -0.39 is 0 Å². The fourth-order valence-electron chi connectivity index (χ4n) is 4.07. The van der Waals surface area contributed by atoms with Crippen molar-refractivity contribution in [2.75, 3.05) is 31.5 Å². The monoisotopic (exact) mass is 419 g/mol. The number of piperidine rings is 2. The maximum Gasteiger partial charge on any atom is 0.265 e. The van der Waals surface area contributed by atoms with Crippen LogP contribution in [0.1, 0.15) is 47.5 Å². The van der Waals surface area contributed by atoms with Crippen LogP contribution in [0.15, 0.2) is 18.3 Å². The highest BCUT2D eigenvalue weighted by atomic mass is 35.5. The van der Waals surface area contributed by atoms with Gasteiger partial charge in [0.05, 0.1) is 10.7 Å². The summed E-state index contributed by atoms with van der Waals surface area (Å²) in [6.45, 7) is 6.00. The number of rotatable bonds is 4. The minimum atomic E-state index is 0.101. The number of amides is 1. The van der Waals surface area contributed by atoms with Crippen molar-refractivity contribution in [2.24, 2.45) is 0 Å². The molecule has 6 nitrogen and oxygen atoms in total. The first-order valence-electron chi connectivity index (χ1n) is 9.99. The maximum atomic E-state index is 13.0. The van der Waals surface area contributed by atoms with Crippen molar-refractivity contribution < 1.29 is 4.79 Å². The zero-order valence-corrected chi connectivity index (χ0v) is 17.7. The lowest BCUT2D eigenvalue weighted by Gasteiger charge is -2.40. The highest BCUT2D eigenvalue weighted by molar-refractivity contribution is 7.17. The number of hydrogen-bond donors (Lipinski definition) is 1. The summed E-state index contributed by atoms with van der Waals surface area (Å²) in [6.07, 6.45) is 7.73. The van der Waals surface area contributed by atoms with Crippen LogP contribution in [0.3, 0.4) is 0 Å². The van der Waals surface area contributed by atoms with Gasteiger partial charge in [-0.2, -0.15) is 0 Å². The predicted octanol–water partition coefficient (Wildman–Crippen LogP) is 4.33. The molecule has 2 aromatic heterocycles. The largest absolute Gasteiger partial charge is 0.338 e. The molecule has 0 aromatic carbocycles. The lowest BCUT2D eigenvalue weighted by atomic mass is 10.00. The van der Waals surface area contributed by atoms with Crippen molar-refractivity contribution in [1.29, 1.82) is 0 Å². The molecule has 4 heterocycles. The number of pyridine rings is 1. The Morgan fingerprint density at radius 2 is 1.93 bits per heavy atom. The van der Waals surface area contributed by atoms with Gasteiger partial charge in [-0.05, 0) is 57.8 Å². The summed E-state index contributed by atoms with van der Waals surface area (Å²) < 4.78 is 0. The van der Waals surface area contributed by atoms with Crippen LogP contribution in [-0.2, 0) is 0 Å². The minimum Gasteiger partial charge on any atom is -0.338 e. The molecular weight excluding hydrogens is 394 g/mol. The first-order chi connectivity index (χ1) is 13.6. The molecule has 2 aromatic rings. The Morgan fingerprint density at radius 1 is 1.18 bits per heavy atom. The Bertz CT molecular complexity index is 811. The average molecular weight is 420 g/mol. The smallest absolute Gasteiger partial charge is 0.265 e. The summed E-state index contributed by atoms with van der Waals surface area (Å²) in [7, 11) is 0. The molecule has 28 heavy (non-hydrogen) atoms. The lowest BCUT2D eigenvalue weighted by molar-refractivity contribution is 0.0593. The number of carbonyl (C=O) groups is 1. The molecule has 2 aliphatic heterocycles. The zero-order chi connectivity index (χ0) is 19.5. The maximum absolute atomic E-state index is 13.0. The first-order valence-corrected chi connectivity index (χ1v) is 11.2. The Kier molecular flexibility index (Phi) is 6.13. The van der Waals surface area contributed by atoms with Gasteiger partial charge in [0, 0.05) is 25.3 Å². The van der Waals surface area contributed by atoms with Gasteiger partial charge in [-0.25, -0.2) is 9.97 Å². The van der Waals surface area contributed by atoms with E-state index in [0.717, 1.165) is 31.6 Å². The van der Waals surface area contributed by atoms with Crippen LogP contribution in [0.2, 0.25) is 5.02 Å². The van der Waals surface area contributed by atoms with E-state index in [1.54, 1.807) is 18.3 Å². The average Bonchev–Trinajstić information content (AvgIpc) is 3.10. The van der Waals surface area contributed by atoms with Gasteiger partial charge in [0.25, 0.3) is 5.91 Å². The van der Waals surface area contributed by atoms with Crippen molar-refractivity contribution in [3.05, 3.63) is 33.9 Å². The van der Waals surface area contributed by atoms with Gasteiger partial charge < -0.3 is 15.1 Å². The summed E-state index contributed by atoms with van der Waals surface area (Å²) in [6, 6.07) is 4.21. The van der Waals surface area contributed by atoms with Crippen LogP contribution in [0.25, 0.3) is 0 Å². The summed E-state index contributed by atoms with van der Waals surface area (Å²) in [5.74, 6) is 0.767. The molecule has 1 amide bonds. The number of aromatic nitrogens is 2. The number of likely N-dealkylation sites (tertiary alicyclic amines) is 2. The highest BCUT2D eigenvalue weighted by Crippen LogP contribution is 2.28. The molecular formula is C20H26ClN5OS. The van der Waals surface area contributed by atoms with Crippen LogP contribution in [0.5, 0.6) is 0 Å². The number of halogens is 1. The van der Waals surface area contributed by atoms with Gasteiger partial charge in [-0.3, -0.25) is 4.79 Å². The van der Waals surface area contributed by atoms with E-state index in [-0.39, 0.29) is 5.91 Å². The fraction of sp³-hybridized carbons (Fsp3) is 0.550. The topological polar surface area (TPSA) is 61.4 Å². The summed E-state index contributed by atoms with van der Waals surface area (Å²) in [4.78, 5) is 27.1. The van der Waals surface area contributed by atoms with Crippen LogP contribution in [0.4, 0.5) is 10.9 Å². The Morgan fingerprint density at radius 3 is 2.61 bits per heavy atom. The van der Waals surface area contributed by atoms with Crippen molar-refractivity contribution in [1.82, 2.24) is 19.8 Å². The third-order valence-corrected chi connectivity index (χ3v) is 6.90.